The van der Waals surface area contributed by atoms with E-state index in [2.05, 4.69) is 43.1 Å². The Morgan fingerprint density at radius 1 is 1.23 bits per heavy atom. The van der Waals surface area contributed by atoms with E-state index in [0.717, 1.165) is 24.1 Å². The third kappa shape index (κ3) is 2.85. The largest absolute Gasteiger partial charge is 0.367 e. The zero-order chi connectivity index (χ0) is 15.9. The number of pyridine rings is 1. The summed E-state index contributed by atoms with van der Waals surface area (Å²) in [7, 11) is 0. The normalized spacial score (nSPS) is 14.9. The van der Waals surface area contributed by atoms with Crippen molar-refractivity contribution in [3.63, 3.8) is 0 Å². The van der Waals surface area contributed by atoms with Crippen LogP contribution in [0.3, 0.4) is 0 Å². The predicted octanol–water partition coefficient (Wildman–Crippen LogP) is 4.36. The lowest BCUT2D eigenvalue weighted by Crippen LogP contribution is -2.09. The van der Waals surface area contributed by atoms with Crippen molar-refractivity contribution in [3.8, 4) is 11.3 Å². The fourth-order valence-corrected chi connectivity index (χ4v) is 2.60. The summed E-state index contributed by atoms with van der Waals surface area (Å²) in [6.45, 7) is 8.29. The minimum atomic E-state index is -0.435. The summed E-state index contributed by atoms with van der Waals surface area (Å²) in [5.74, 6) is 0.464. The summed E-state index contributed by atoms with van der Waals surface area (Å²) in [6.07, 6.45) is 4.13. The van der Waals surface area contributed by atoms with Gasteiger partial charge >= 0.3 is 0 Å². The lowest BCUT2D eigenvalue weighted by molar-refractivity contribution is 0.532. The molecule has 0 atom stereocenters. The summed E-state index contributed by atoms with van der Waals surface area (Å²) in [4.78, 5) is 4.09. The average Bonchev–Trinajstić information content (AvgIpc) is 3.14. The maximum Gasteiger partial charge on any atom is 0.224 e. The maximum absolute atomic E-state index is 14.6. The quantitative estimate of drug-likeness (QED) is 0.834. The molecule has 3 rings (SSSR count). The molecule has 0 saturated heterocycles. The van der Waals surface area contributed by atoms with E-state index < -0.39 is 5.95 Å². The predicted molar refractivity (Wildman–Crippen MR) is 86.5 cm³/mol. The molecule has 0 radical (unpaired) electrons. The Bertz CT molecular complexity index is 646. The Kier molecular flexibility index (Phi) is 3.89. The Balaban J connectivity index is 2.04. The molecule has 5 heteroatoms. The van der Waals surface area contributed by atoms with Gasteiger partial charge in [-0.1, -0.05) is 13.8 Å². The number of nitrogens with one attached hydrogen (secondary N) is 1. The van der Waals surface area contributed by atoms with E-state index >= 15 is 0 Å². The van der Waals surface area contributed by atoms with Crippen LogP contribution in [0.25, 0.3) is 11.3 Å². The Labute approximate surface area is 130 Å². The van der Waals surface area contributed by atoms with Crippen molar-refractivity contribution in [1.82, 2.24) is 14.8 Å². The Morgan fingerprint density at radius 3 is 2.50 bits per heavy atom. The summed E-state index contributed by atoms with van der Waals surface area (Å²) >= 11 is 0. The van der Waals surface area contributed by atoms with E-state index in [4.69, 9.17) is 0 Å². The minimum Gasteiger partial charge on any atom is -0.367 e. The molecule has 0 spiro atoms. The van der Waals surface area contributed by atoms with Crippen LogP contribution in [0.5, 0.6) is 0 Å². The van der Waals surface area contributed by atoms with Gasteiger partial charge in [0.1, 0.15) is 5.82 Å². The molecular formula is C17H23FN4. The second kappa shape index (κ2) is 5.71. The number of rotatable bonds is 5. The van der Waals surface area contributed by atoms with Gasteiger partial charge in [-0.15, -0.1) is 0 Å². The van der Waals surface area contributed by atoms with Crippen LogP contribution < -0.4 is 5.32 Å². The molecule has 1 aliphatic carbocycles. The standard InChI is InChI=1S/C17H23FN4/c1-10(2)14-9-19-22(11(3)4)16(14)13-7-8-15(21-17(13)18)20-12-5-6-12/h7-12H,5-6H2,1-4H3,(H,20,21). The summed E-state index contributed by atoms with van der Waals surface area (Å²) in [5.41, 5.74) is 2.42. The highest BCUT2D eigenvalue weighted by Gasteiger charge is 2.23. The van der Waals surface area contributed by atoms with Gasteiger partial charge in [0, 0.05) is 17.6 Å². The van der Waals surface area contributed by atoms with Gasteiger partial charge in [0.25, 0.3) is 0 Å². The molecule has 0 aliphatic heterocycles. The van der Waals surface area contributed by atoms with Crippen molar-refractivity contribution in [3.05, 3.63) is 29.8 Å². The molecule has 0 bridgehead atoms. The van der Waals surface area contributed by atoms with Crippen LogP contribution in [0.15, 0.2) is 18.3 Å². The molecule has 1 N–H and O–H groups in total. The van der Waals surface area contributed by atoms with Crippen LogP contribution >= 0.6 is 0 Å². The van der Waals surface area contributed by atoms with E-state index in [1.54, 1.807) is 0 Å². The van der Waals surface area contributed by atoms with Gasteiger partial charge in [-0.3, -0.25) is 4.68 Å². The number of hydrogen-bond donors (Lipinski definition) is 1. The second-order valence-corrected chi connectivity index (χ2v) is 6.60. The van der Waals surface area contributed by atoms with Crippen LogP contribution in [0.2, 0.25) is 0 Å². The highest BCUT2D eigenvalue weighted by Crippen LogP contribution is 2.33. The van der Waals surface area contributed by atoms with E-state index in [1.165, 1.54) is 0 Å². The second-order valence-electron chi connectivity index (χ2n) is 6.60. The fraction of sp³-hybridized carbons (Fsp3) is 0.529. The van der Waals surface area contributed by atoms with Gasteiger partial charge in [-0.2, -0.15) is 9.49 Å². The minimum absolute atomic E-state index is 0.172. The summed E-state index contributed by atoms with van der Waals surface area (Å²) in [6, 6.07) is 4.31. The molecule has 0 unspecified atom stereocenters. The van der Waals surface area contributed by atoms with E-state index in [-0.39, 0.29) is 12.0 Å². The van der Waals surface area contributed by atoms with Gasteiger partial charge in [0.2, 0.25) is 5.95 Å². The molecule has 22 heavy (non-hydrogen) atoms. The van der Waals surface area contributed by atoms with Crippen molar-refractivity contribution in [2.45, 2.75) is 58.5 Å². The first kappa shape index (κ1) is 15.0. The van der Waals surface area contributed by atoms with E-state index in [1.807, 2.05) is 23.0 Å². The van der Waals surface area contributed by atoms with Gasteiger partial charge in [-0.05, 0) is 44.7 Å². The highest BCUT2D eigenvalue weighted by atomic mass is 19.1. The van der Waals surface area contributed by atoms with E-state index in [9.17, 15) is 4.39 Å². The Hall–Kier alpha value is -1.91. The van der Waals surface area contributed by atoms with Crippen molar-refractivity contribution >= 4 is 5.82 Å². The van der Waals surface area contributed by atoms with Crippen LogP contribution in [0.4, 0.5) is 10.2 Å². The molecule has 2 aromatic heterocycles. The number of nitrogens with zero attached hydrogens (tertiary/aromatic N) is 3. The van der Waals surface area contributed by atoms with Crippen molar-refractivity contribution in [2.24, 2.45) is 0 Å². The maximum atomic E-state index is 14.6. The molecule has 118 valence electrons. The van der Waals surface area contributed by atoms with Crippen LogP contribution in [-0.2, 0) is 0 Å². The lowest BCUT2D eigenvalue weighted by atomic mass is 10.00. The topological polar surface area (TPSA) is 42.7 Å². The summed E-state index contributed by atoms with van der Waals surface area (Å²) in [5, 5.41) is 7.67. The first-order valence-corrected chi connectivity index (χ1v) is 7.98. The zero-order valence-electron chi connectivity index (χ0n) is 13.6. The monoisotopic (exact) mass is 302 g/mol. The van der Waals surface area contributed by atoms with Crippen molar-refractivity contribution in [1.29, 1.82) is 0 Å². The highest BCUT2D eigenvalue weighted by molar-refractivity contribution is 5.65. The number of hydrogen-bond acceptors (Lipinski definition) is 3. The average molecular weight is 302 g/mol. The van der Waals surface area contributed by atoms with Crippen LogP contribution in [0, 0.1) is 5.95 Å². The molecule has 2 aromatic rings. The van der Waals surface area contributed by atoms with Gasteiger partial charge in [-0.25, -0.2) is 4.98 Å². The molecular weight excluding hydrogens is 279 g/mol. The van der Waals surface area contributed by atoms with Gasteiger partial charge in [0.05, 0.1) is 17.5 Å². The van der Waals surface area contributed by atoms with Crippen molar-refractivity contribution in [2.75, 3.05) is 5.32 Å². The van der Waals surface area contributed by atoms with Gasteiger partial charge in [0.15, 0.2) is 0 Å². The third-order valence-electron chi connectivity index (χ3n) is 3.97. The SMILES string of the molecule is CC(C)c1cnn(C(C)C)c1-c1ccc(NC2CC2)nc1F. The van der Waals surface area contributed by atoms with Gasteiger partial charge < -0.3 is 5.32 Å². The molecule has 2 heterocycles. The number of aromatic nitrogens is 3. The molecule has 4 nitrogen and oxygen atoms in total. The molecule has 1 saturated carbocycles. The third-order valence-corrected chi connectivity index (χ3v) is 3.97. The van der Waals surface area contributed by atoms with Crippen LogP contribution in [0.1, 0.15) is 58.1 Å². The first-order chi connectivity index (χ1) is 10.5. The molecule has 1 fully saturated rings. The number of halogens is 1. The number of anilines is 1. The summed E-state index contributed by atoms with van der Waals surface area (Å²) < 4.78 is 16.5. The van der Waals surface area contributed by atoms with Crippen molar-refractivity contribution < 1.29 is 4.39 Å². The molecule has 1 aliphatic rings. The van der Waals surface area contributed by atoms with E-state index in [0.29, 0.717) is 17.4 Å². The van der Waals surface area contributed by atoms with Crippen LogP contribution in [-0.4, -0.2) is 20.8 Å². The smallest absolute Gasteiger partial charge is 0.224 e. The fourth-order valence-electron chi connectivity index (χ4n) is 2.60. The zero-order valence-corrected chi connectivity index (χ0v) is 13.6. The molecule has 0 amide bonds. The first-order valence-electron chi connectivity index (χ1n) is 7.98. The molecule has 0 aromatic carbocycles. The Morgan fingerprint density at radius 2 is 1.95 bits per heavy atom. The lowest BCUT2D eigenvalue weighted by Gasteiger charge is -2.15.